The van der Waals surface area contributed by atoms with E-state index in [1.165, 1.54) is 5.56 Å². The molecule has 0 bridgehead atoms. The molecule has 2 aromatic heterocycles. The second-order valence-corrected chi connectivity index (χ2v) is 23.2. The van der Waals surface area contributed by atoms with E-state index in [2.05, 4.69) is 55.7 Å². The number of likely N-dealkylation sites (tertiary alicyclic amines) is 2. The van der Waals surface area contributed by atoms with Crippen LogP contribution in [0.1, 0.15) is 72.9 Å². The second-order valence-electron chi connectivity index (χ2n) is 23.2. The summed E-state index contributed by atoms with van der Waals surface area (Å²) in [6, 6.07) is 16.3. The number of carbonyl (C=O) groups excluding carboxylic acids is 2. The van der Waals surface area contributed by atoms with Crippen LogP contribution in [-0.2, 0) is 84.1 Å². The Balaban J connectivity index is 0.555. The number of benzene rings is 1. The highest BCUT2D eigenvalue weighted by molar-refractivity contribution is 5.80. The number of ether oxygens (including phenoxy) is 12. The van der Waals surface area contributed by atoms with Gasteiger partial charge in [-0.3, -0.25) is 24.3 Å². The van der Waals surface area contributed by atoms with Gasteiger partial charge in [-0.2, -0.15) is 0 Å². The van der Waals surface area contributed by atoms with Crippen molar-refractivity contribution in [2.75, 3.05) is 235 Å². The minimum Gasteiger partial charge on any atom is -0.481 e. The fourth-order valence-electron chi connectivity index (χ4n) is 11.7. The Labute approximate surface area is 538 Å². The average molecular weight is 1280 g/mol. The van der Waals surface area contributed by atoms with Crippen molar-refractivity contribution in [1.82, 2.24) is 30.0 Å². The molecule has 4 aliphatic rings. The quantitative estimate of drug-likeness (QED) is 0.0587. The number of aryl methyl sites for hydroxylation is 2. The molecular formula is C66H104N8O17. The SMILES string of the molecule is CN1C(O)C[C@H](C(=O)NCCOCCOCCOCCOCCOCCOCCOCCOCCOCCOCCOCCOCCC(=O)N2CCN(c3cccc([C@H](CC(=O)O)CN4CC[C@@H](CCc5ccc6c(n5)NCCC6)C4)c3)CC2)[C@H]1c1cccnc1. The number of aliphatic hydroxyl groups is 1. The Bertz CT molecular complexity index is 2450. The topological polar surface area (TPSA) is 265 Å². The number of nitrogens with one attached hydrogen (secondary N) is 2. The number of nitrogens with zero attached hydrogens (tertiary/aromatic N) is 6. The number of hydrogen-bond donors (Lipinski definition) is 4. The highest BCUT2D eigenvalue weighted by Crippen LogP contribution is 2.39. The number of carboxylic acid groups (broad SMARTS) is 1. The van der Waals surface area contributed by atoms with Gasteiger partial charge in [0.05, 0.1) is 183 Å². The van der Waals surface area contributed by atoms with Crippen molar-refractivity contribution < 1.29 is 81.4 Å². The van der Waals surface area contributed by atoms with E-state index in [4.69, 9.17) is 61.8 Å². The predicted molar refractivity (Wildman–Crippen MR) is 340 cm³/mol. The molecule has 1 aromatic carbocycles. The van der Waals surface area contributed by atoms with Crippen molar-refractivity contribution in [3.05, 3.63) is 83.3 Å². The van der Waals surface area contributed by atoms with Crippen molar-refractivity contribution in [3.8, 4) is 0 Å². The summed E-state index contributed by atoms with van der Waals surface area (Å²) in [5.41, 5.74) is 5.48. The molecule has 3 aromatic rings. The van der Waals surface area contributed by atoms with E-state index in [0.717, 1.165) is 86.6 Å². The minimum atomic E-state index is -0.782. The third kappa shape index (κ3) is 28.6. The lowest BCUT2D eigenvalue weighted by Crippen LogP contribution is -2.49. The van der Waals surface area contributed by atoms with Crippen molar-refractivity contribution in [2.45, 2.75) is 69.6 Å². The number of aliphatic carboxylic acids is 1. The molecule has 0 spiro atoms. The standard InChI is InChI=1S/C66H104N8O17/c1-71-62(76)49-60(64(71)56-7-3-15-67-50-56)66(79)69-17-24-81-26-28-83-30-32-85-34-36-87-38-40-89-42-44-91-46-45-90-43-41-88-39-37-86-35-33-84-31-29-82-27-25-80-23-14-61(75)74-21-19-73(20-22-74)59-8-2-5-55(47-59)57(48-63(77)78)52-72-18-13-53(51-72)9-11-58-12-10-54-6-4-16-68-65(54)70-58/h2-3,5,7-8,10,12,15,47,50,53,57,60,62,64,76H,4,6,9,11,13-14,16-46,48-49,51-52H2,1H3,(H,68,70)(H,69,79)(H,77,78)/t53-,57-,60+,62?,64-/m1/s1. The van der Waals surface area contributed by atoms with Crippen LogP contribution < -0.4 is 15.5 Å². The monoisotopic (exact) mass is 1280 g/mol. The highest BCUT2D eigenvalue weighted by atomic mass is 16.6. The van der Waals surface area contributed by atoms with Gasteiger partial charge in [-0.15, -0.1) is 0 Å². The second kappa shape index (κ2) is 44.5. The fraction of sp³-hybridized carbons (Fsp3) is 0.712. The van der Waals surface area contributed by atoms with Crippen LogP contribution in [0, 0.1) is 11.8 Å². The number of anilines is 2. The Hall–Kier alpha value is -5.07. The lowest BCUT2D eigenvalue weighted by atomic mass is 9.94. The molecule has 25 heteroatoms. The molecule has 4 aliphatic heterocycles. The molecule has 5 atom stereocenters. The van der Waals surface area contributed by atoms with E-state index in [9.17, 15) is 24.6 Å². The van der Waals surface area contributed by atoms with Gasteiger partial charge in [-0.05, 0) is 92.6 Å². The van der Waals surface area contributed by atoms with Crippen molar-refractivity contribution in [1.29, 1.82) is 0 Å². The van der Waals surface area contributed by atoms with Gasteiger partial charge in [-0.25, -0.2) is 4.98 Å². The Kier molecular flexibility index (Phi) is 35.9. The first-order valence-electron chi connectivity index (χ1n) is 33.0. The lowest BCUT2D eigenvalue weighted by molar-refractivity contribution is -0.137. The van der Waals surface area contributed by atoms with Crippen LogP contribution in [-0.4, -0.2) is 283 Å². The van der Waals surface area contributed by atoms with Gasteiger partial charge in [0.25, 0.3) is 0 Å². The summed E-state index contributed by atoms with van der Waals surface area (Å²) >= 11 is 0. The molecule has 7 rings (SSSR count). The number of aliphatic hydroxyl groups excluding tert-OH is 1. The lowest BCUT2D eigenvalue weighted by Gasteiger charge is -2.36. The first-order chi connectivity index (χ1) is 44.7. The van der Waals surface area contributed by atoms with E-state index in [0.29, 0.717) is 210 Å². The van der Waals surface area contributed by atoms with Crippen molar-refractivity contribution in [3.63, 3.8) is 0 Å². The average Bonchev–Trinajstić information content (AvgIpc) is 1.91. The van der Waals surface area contributed by atoms with E-state index >= 15 is 0 Å². The Morgan fingerprint density at radius 2 is 1.23 bits per heavy atom. The van der Waals surface area contributed by atoms with Crippen LogP contribution in [0.3, 0.4) is 0 Å². The highest BCUT2D eigenvalue weighted by Gasteiger charge is 2.43. The summed E-state index contributed by atoms with van der Waals surface area (Å²) in [5, 5.41) is 26.6. The maximum Gasteiger partial charge on any atom is 0.304 e. The molecule has 510 valence electrons. The molecule has 0 aliphatic carbocycles. The Morgan fingerprint density at radius 1 is 0.670 bits per heavy atom. The number of fused-ring (bicyclic) bond motifs is 1. The van der Waals surface area contributed by atoms with Gasteiger partial charge in [0.2, 0.25) is 11.8 Å². The molecule has 0 radical (unpaired) electrons. The predicted octanol–water partition coefficient (Wildman–Crippen LogP) is 3.71. The Morgan fingerprint density at radius 3 is 1.78 bits per heavy atom. The number of carbonyl (C=O) groups is 3. The number of rotatable bonds is 50. The first-order valence-corrected chi connectivity index (χ1v) is 33.0. The largest absolute Gasteiger partial charge is 0.481 e. The molecule has 2 amide bonds. The minimum absolute atomic E-state index is 0.0786. The zero-order chi connectivity index (χ0) is 63.8. The normalized spacial score (nSPS) is 19.0. The zero-order valence-electron chi connectivity index (χ0n) is 53.9. The van der Waals surface area contributed by atoms with Gasteiger partial charge in [-0.1, -0.05) is 24.3 Å². The van der Waals surface area contributed by atoms with Gasteiger partial charge >= 0.3 is 5.97 Å². The molecule has 1 unspecified atom stereocenters. The summed E-state index contributed by atoms with van der Waals surface area (Å²) in [7, 11) is 1.82. The molecule has 0 saturated carbocycles. The number of carboxylic acids is 1. The number of amides is 2. The molecule has 25 nitrogen and oxygen atoms in total. The number of piperazine rings is 1. The maximum absolute atomic E-state index is 13.0. The van der Waals surface area contributed by atoms with E-state index in [-0.39, 0.29) is 36.1 Å². The fourth-order valence-corrected chi connectivity index (χ4v) is 11.7. The third-order valence-corrected chi connectivity index (χ3v) is 16.6. The van der Waals surface area contributed by atoms with Gasteiger partial charge in [0, 0.05) is 88.5 Å². The molecule has 3 saturated heterocycles. The molecular weight excluding hydrogens is 1180 g/mol. The number of pyridine rings is 2. The molecule has 6 heterocycles. The summed E-state index contributed by atoms with van der Waals surface area (Å²) in [6.07, 6.45) is 8.93. The van der Waals surface area contributed by atoms with Crippen LogP contribution >= 0.6 is 0 Å². The van der Waals surface area contributed by atoms with Gasteiger partial charge < -0.3 is 92.4 Å². The van der Waals surface area contributed by atoms with Crippen LogP contribution in [0.4, 0.5) is 11.5 Å². The molecule has 91 heavy (non-hydrogen) atoms. The zero-order valence-corrected chi connectivity index (χ0v) is 53.9. The maximum atomic E-state index is 13.0. The third-order valence-electron chi connectivity index (χ3n) is 16.6. The van der Waals surface area contributed by atoms with E-state index in [1.807, 2.05) is 35.0 Å². The summed E-state index contributed by atoms with van der Waals surface area (Å²) in [4.78, 5) is 55.5. The van der Waals surface area contributed by atoms with Crippen LogP contribution in [0.2, 0.25) is 0 Å². The molecule has 4 N–H and O–H groups in total. The summed E-state index contributed by atoms with van der Waals surface area (Å²) in [5.74, 6) is 0.334. The summed E-state index contributed by atoms with van der Waals surface area (Å²) < 4.78 is 66.9. The van der Waals surface area contributed by atoms with Crippen molar-refractivity contribution >= 4 is 29.3 Å². The van der Waals surface area contributed by atoms with E-state index in [1.54, 1.807) is 12.4 Å². The van der Waals surface area contributed by atoms with Gasteiger partial charge in [0.1, 0.15) is 12.0 Å². The molecule has 3 fully saturated rings. The van der Waals surface area contributed by atoms with Crippen LogP contribution in [0.15, 0.2) is 60.9 Å². The number of hydrogen-bond acceptors (Lipinski definition) is 22. The van der Waals surface area contributed by atoms with Crippen molar-refractivity contribution in [2.24, 2.45) is 11.8 Å². The smallest absolute Gasteiger partial charge is 0.304 e. The number of aromatic nitrogens is 2. The van der Waals surface area contributed by atoms with Gasteiger partial charge in [0.15, 0.2) is 0 Å². The van der Waals surface area contributed by atoms with Crippen LogP contribution in [0.25, 0.3) is 0 Å². The van der Waals surface area contributed by atoms with Crippen LogP contribution in [0.5, 0.6) is 0 Å². The van der Waals surface area contributed by atoms with E-state index < -0.39 is 12.2 Å². The summed E-state index contributed by atoms with van der Waals surface area (Å²) in [6.45, 7) is 17.3. The first kappa shape index (κ1) is 73.3.